The van der Waals surface area contributed by atoms with E-state index in [-0.39, 0.29) is 12.5 Å². The van der Waals surface area contributed by atoms with Gasteiger partial charge in [0, 0.05) is 0 Å². The first kappa shape index (κ1) is 25.1. The molecule has 0 aliphatic rings. The van der Waals surface area contributed by atoms with E-state index in [0.29, 0.717) is 6.61 Å². The van der Waals surface area contributed by atoms with Gasteiger partial charge in [-0.15, -0.1) is 0 Å². The van der Waals surface area contributed by atoms with Crippen molar-refractivity contribution in [1.29, 1.82) is 0 Å². The Kier molecular flexibility index (Phi) is 17.5. The smallest absolute Gasteiger partial charge is 0.325 e. The molecule has 0 bridgehead atoms. The lowest BCUT2D eigenvalue weighted by Gasteiger charge is -2.16. The fourth-order valence-electron chi connectivity index (χ4n) is 1.94. The first-order valence-corrected chi connectivity index (χ1v) is 9.13. The van der Waals surface area contributed by atoms with Gasteiger partial charge in [-0.2, -0.15) is 0 Å². The normalized spacial score (nSPS) is 10.7. The van der Waals surface area contributed by atoms with Gasteiger partial charge in [0.15, 0.2) is 0 Å². The standard InChI is InChI=1S/C16H33NO2.C2H5NO2/c1-4-5-6-7-8-9-10-11-12-13-14-19-15(18)16(2,3)17;3-1-2(4)5/h4-14,17H2,1-3H3;1,3H2,(H,4,5). The minimum Gasteiger partial charge on any atom is -0.480 e. The third-order valence-corrected chi connectivity index (χ3v) is 3.43. The van der Waals surface area contributed by atoms with Gasteiger partial charge < -0.3 is 21.3 Å². The minimum absolute atomic E-state index is 0.278. The van der Waals surface area contributed by atoms with Gasteiger partial charge in [0.25, 0.3) is 0 Å². The number of carbonyl (C=O) groups excluding carboxylic acids is 1. The summed E-state index contributed by atoms with van der Waals surface area (Å²) in [4.78, 5) is 20.6. The molecule has 6 heteroatoms. The van der Waals surface area contributed by atoms with Crippen LogP contribution in [-0.2, 0) is 14.3 Å². The van der Waals surface area contributed by atoms with Crippen LogP contribution in [0.2, 0.25) is 0 Å². The van der Waals surface area contributed by atoms with E-state index in [9.17, 15) is 9.59 Å². The number of carboxylic acids is 1. The van der Waals surface area contributed by atoms with Crippen molar-refractivity contribution in [1.82, 2.24) is 0 Å². The molecule has 0 aliphatic carbocycles. The van der Waals surface area contributed by atoms with Crippen LogP contribution in [0.3, 0.4) is 0 Å². The zero-order chi connectivity index (χ0) is 18.8. The maximum absolute atomic E-state index is 11.4. The molecule has 0 unspecified atom stereocenters. The molecule has 0 aromatic carbocycles. The van der Waals surface area contributed by atoms with E-state index < -0.39 is 11.5 Å². The predicted octanol–water partition coefficient (Wildman–Crippen LogP) is 3.22. The molecule has 0 radical (unpaired) electrons. The summed E-state index contributed by atoms with van der Waals surface area (Å²) in [5.41, 5.74) is 9.34. The van der Waals surface area contributed by atoms with E-state index in [0.717, 1.165) is 12.8 Å². The van der Waals surface area contributed by atoms with Crippen LogP contribution in [0.1, 0.15) is 85.0 Å². The summed E-state index contributed by atoms with van der Waals surface area (Å²) >= 11 is 0. The van der Waals surface area contributed by atoms with Gasteiger partial charge in [0.05, 0.1) is 13.2 Å². The number of rotatable bonds is 13. The van der Waals surface area contributed by atoms with E-state index in [1.165, 1.54) is 51.4 Å². The van der Waals surface area contributed by atoms with Crippen molar-refractivity contribution in [3.8, 4) is 0 Å². The highest BCUT2D eigenvalue weighted by Gasteiger charge is 2.23. The average molecular weight is 347 g/mol. The van der Waals surface area contributed by atoms with Gasteiger partial charge in [0.1, 0.15) is 5.54 Å². The van der Waals surface area contributed by atoms with Gasteiger partial charge in [-0.05, 0) is 20.3 Å². The van der Waals surface area contributed by atoms with E-state index in [1.54, 1.807) is 13.8 Å². The molecular formula is C18H38N2O4. The average Bonchev–Trinajstić information content (AvgIpc) is 2.52. The Morgan fingerprint density at radius 3 is 1.62 bits per heavy atom. The van der Waals surface area contributed by atoms with Crippen LogP contribution in [0.25, 0.3) is 0 Å². The predicted molar refractivity (Wildman–Crippen MR) is 97.8 cm³/mol. The molecule has 0 spiro atoms. The van der Waals surface area contributed by atoms with E-state index in [2.05, 4.69) is 12.7 Å². The summed E-state index contributed by atoms with van der Waals surface area (Å²) < 4.78 is 5.11. The second kappa shape index (κ2) is 16.7. The number of hydrogen-bond acceptors (Lipinski definition) is 5. The number of carboxylic acid groups (broad SMARTS) is 1. The SMILES string of the molecule is CCCCCCCCCCCCOC(=O)C(C)(C)N.NCC(=O)O. The summed E-state index contributed by atoms with van der Waals surface area (Å²) in [6, 6.07) is 0. The van der Waals surface area contributed by atoms with Crippen LogP contribution in [-0.4, -0.2) is 35.7 Å². The van der Waals surface area contributed by atoms with Crippen molar-refractivity contribution in [3.63, 3.8) is 0 Å². The van der Waals surface area contributed by atoms with Crippen molar-refractivity contribution in [2.24, 2.45) is 11.5 Å². The third kappa shape index (κ3) is 20.9. The van der Waals surface area contributed by atoms with Crippen LogP contribution < -0.4 is 11.5 Å². The summed E-state index contributed by atoms with van der Waals surface area (Å²) in [5.74, 6) is -1.27. The molecule has 0 heterocycles. The zero-order valence-electron chi connectivity index (χ0n) is 15.8. The fourth-order valence-corrected chi connectivity index (χ4v) is 1.94. The van der Waals surface area contributed by atoms with Crippen molar-refractivity contribution >= 4 is 11.9 Å². The van der Waals surface area contributed by atoms with Gasteiger partial charge in [-0.3, -0.25) is 9.59 Å². The van der Waals surface area contributed by atoms with Crippen molar-refractivity contribution < 1.29 is 19.4 Å². The highest BCUT2D eigenvalue weighted by atomic mass is 16.5. The topological polar surface area (TPSA) is 116 Å². The number of carbonyl (C=O) groups is 2. The molecule has 6 nitrogen and oxygen atoms in total. The zero-order valence-corrected chi connectivity index (χ0v) is 15.8. The quantitative estimate of drug-likeness (QED) is 0.348. The van der Waals surface area contributed by atoms with E-state index in [1.807, 2.05) is 0 Å². The molecule has 0 atom stereocenters. The lowest BCUT2D eigenvalue weighted by atomic mass is 10.1. The van der Waals surface area contributed by atoms with Crippen LogP contribution in [0, 0.1) is 0 Å². The molecule has 5 N–H and O–H groups in total. The largest absolute Gasteiger partial charge is 0.480 e. The molecule has 0 saturated heterocycles. The van der Waals surface area contributed by atoms with Crippen molar-refractivity contribution in [3.05, 3.63) is 0 Å². The second-order valence-corrected chi connectivity index (χ2v) is 6.64. The molecule has 0 fully saturated rings. The van der Waals surface area contributed by atoms with Gasteiger partial charge in [-0.25, -0.2) is 0 Å². The first-order chi connectivity index (χ1) is 11.3. The lowest BCUT2D eigenvalue weighted by molar-refractivity contribution is -0.149. The number of esters is 1. The molecule has 0 aliphatic heterocycles. The van der Waals surface area contributed by atoms with Crippen molar-refractivity contribution in [2.45, 2.75) is 90.5 Å². The van der Waals surface area contributed by atoms with Gasteiger partial charge in [-0.1, -0.05) is 64.7 Å². The fraction of sp³-hybridized carbons (Fsp3) is 0.889. The highest BCUT2D eigenvalue weighted by Crippen LogP contribution is 2.10. The first-order valence-electron chi connectivity index (χ1n) is 9.13. The van der Waals surface area contributed by atoms with Gasteiger partial charge >= 0.3 is 11.9 Å². The Morgan fingerprint density at radius 2 is 1.29 bits per heavy atom. The molecule has 0 saturated carbocycles. The molecular weight excluding hydrogens is 308 g/mol. The number of nitrogens with two attached hydrogens (primary N) is 2. The molecule has 144 valence electrons. The Bertz CT molecular complexity index is 315. The highest BCUT2D eigenvalue weighted by molar-refractivity contribution is 5.79. The van der Waals surface area contributed by atoms with Crippen LogP contribution in [0.4, 0.5) is 0 Å². The molecule has 0 aromatic heterocycles. The summed E-state index contributed by atoms with van der Waals surface area (Å²) in [5, 5.41) is 7.60. The van der Waals surface area contributed by atoms with Crippen molar-refractivity contribution in [2.75, 3.05) is 13.2 Å². The summed E-state index contributed by atoms with van der Waals surface area (Å²) in [6.07, 6.45) is 12.8. The maximum atomic E-state index is 11.4. The number of ether oxygens (including phenoxy) is 1. The maximum Gasteiger partial charge on any atom is 0.325 e. The monoisotopic (exact) mass is 346 g/mol. The second-order valence-electron chi connectivity index (χ2n) is 6.64. The summed E-state index contributed by atoms with van der Waals surface area (Å²) in [7, 11) is 0. The third-order valence-electron chi connectivity index (χ3n) is 3.43. The lowest BCUT2D eigenvalue weighted by Crippen LogP contribution is -2.42. The number of aliphatic carboxylic acids is 1. The number of unbranched alkanes of at least 4 members (excludes halogenated alkanes) is 9. The van der Waals surface area contributed by atoms with Crippen LogP contribution >= 0.6 is 0 Å². The Balaban J connectivity index is 0. The number of hydrogen-bond donors (Lipinski definition) is 3. The summed E-state index contributed by atoms with van der Waals surface area (Å²) in [6.45, 7) is 5.83. The molecule has 0 rings (SSSR count). The minimum atomic E-state index is -0.968. The Labute approximate surface area is 147 Å². The Morgan fingerprint density at radius 1 is 0.917 bits per heavy atom. The molecule has 24 heavy (non-hydrogen) atoms. The van der Waals surface area contributed by atoms with E-state index >= 15 is 0 Å². The Hall–Kier alpha value is -1.14. The molecule has 0 aromatic rings. The van der Waals surface area contributed by atoms with Crippen LogP contribution in [0.5, 0.6) is 0 Å². The van der Waals surface area contributed by atoms with E-state index in [4.69, 9.17) is 15.6 Å². The van der Waals surface area contributed by atoms with Gasteiger partial charge in [0.2, 0.25) is 0 Å². The van der Waals surface area contributed by atoms with Crippen LogP contribution in [0.15, 0.2) is 0 Å². The molecule has 0 amide bonds.